The van der Waals surface area contributed by atoms with Crippen LogP contribution in [0.1, 0.15) is 0 Å². The Morgan fingerprint density at radius 3 is 2.07 bits per heavy atom. The molecular weight excluding hydrogens is 197 g/mol. The molecule has 0 amide bonds. The van der Waals surface area contributed by atoms with Crippen LogP contribution < -0.4 is 24.0 Å². The summed E-state index contributed by atoms with van der Waals surface area (Å²) in [5.74, 6) is -6.99. The van der Waals surface area contributed by atoms with Crippen molar-refractivity contribution in [3.63, 3.8) is 0 Å². The summed E-state index contributed by atoms with van der Waals surface area (Å²) in [6.45, 7) is 0. The van der Waals surface area contributed by atoms with Crippen molar-refractivity contribution in [2.75, 3.05) is 0 Å². The molecule has 1 aromatic heterocycles. The van der Waals surface area contributed by atoms with Crippen molar-refractivity contribution in [2.45, 2.75) is 0 Å². The van der Waals surface area contributed by atoms with Crippen LogP contribution >= 0.6 is 0 Å². The molecule has 0 saturated heterocycles. The zero-order valence-corrected chi connectivity index (χ0v) is 6.85. The molecule has 0 spiro atoms. The number of halogens is 4. The van der Waals surface area contributed by atoms with E-state index in [1.165, 1.54) is 0 Å². The van der Waals surface area contributed by atoms with Gasteiger partial charge in [0, 0.05) is 11.0 Å². The van der Waals surface area contributed by atoms with E-state index in [2.05, 4.69) is 15.4 Å². The number of aromatic nitrogens is 3. The zero-order valence-electron chi connectivity index (χ0n) is 6.85. The van der Waals surface area contributed by atoms with Gasteiger partial charge in [-0.15, -0.1) is 0 Å². The molecule has 2 aromatic rings. The second-order valence-corrected chi connectivity index (χ2v) is 2.24. The zero-order chi connectivity index (χ0) is 9.59. The summed E-state index contributed by atoms with van der Waals surface area (Å²) in [7, 11) is 0. The van der Waals surface area contributed by atoms with E-state index in [1.54, 1.807) is 0 Å². The Kier molecular flexibility index (Phi) is 2.83. The van der Waals surface area contributed by atoms with Gasteiger partial charge in [-0.25, -0.2) is 17.6 Å². The number of nitrogens with zero attached hydrogens (tertiary/aromatic N) is 3. The first kappa shape index (κ1) is 11.0. The first-order valence-corrected chi connectivity index (χ1v) is 3.10. The average molecular weight is 197 g/mol. The van der Waals surface area contributed by atoms with Gasteiger partial charge in [0.1, 0.15) is 0 Å². The van der Waals surface area contributed by atoms with Gasteiger partial charge in [-0.3, -0.25) is 5.21 Å². The van der Waals surface area contributed by atoms with E-state index in [4.69, 9.17) is 0 Å². The van der Waals surface area contributed by atoms with Gasteiger partial charge < -0.3 is 10.2 Å². The van der Waals surface area contributed by atoms with Gasteiger partial charge in [0.05, 0.1) is 0 Å². The Bertz CT molecular complexity index is 441. The quantitative estimate of drug-likeness (QED) is 0.215. The van der Waals surface area contributed by atoms with E-state index < -0.39 is 34.3 Å². The summed E-state index contributed by atoms with van der Waals surface area (Å²) < 4.78 is 50.5. The van der Waals surface area contributed by atoms with Crippen LogP contribution in [-0.2, 0) is 0 Å². The summed E-state index contributed by atoms with van der Waals surface area (Å²) in [5, 5.41) is 8.89. The predicted octanol–water partition coefficient (Wildman–Crippen LogP) is -1.85. The molecule has 14 heavy (non-hydrogen) atoms. The van der Waals surface area contributed by atoms with Gasteiger partial charge >= 0.3 is 18.9 Å². The van der Waals surface area contributed by atoms with Crippen molar-refractivity contribution in [3.05, 3.63) is 23.3 Å². The summed E-state index contributed by atoms with van der Waals surface area (Å²) in [6, 6.07) is 0. The third-order valence-corrected chi connectivity index (χ3v) is 1.51. The van der Waals surface area contributed by atoms with Crippen molar-refractivity contribution in [2.24, 2.45) is 0 Å². The minimum absolute atomic E-state index is 0. The smallest absolute Gasteiger partial charge is 0.347 e. The maximum atomic E-state index is 12.7. The number of benzene rings is 1. The standard InChI is InChI=1S/C6F4N3.Li/c7-1-2(8)4(10)6-5(3(1)9)11-13-12-6;/q-1;+1. The van der Waals surface area contributed by atoms with Crippen LogP contribution in [0.5, 0.6) is 0 Å². The summed E-state index contributed by atoms with van der Waals surface area (Å²) >= 11 is 0. The normalized spacial score (nSPS) is 10.3. The fraction of sp³-hybridized carbons (Fsp3) is 0. The van der Waals surface area contributed by atoms with Crippen molar-refractivity contribution in [1.29, 1.82) is 0 Å². The van der Waals surface area contributed by atoms with Crippen molar-refractivity contribution in [3.8, 4) is 0 Å². The third-order valence-electron chi connectivity index (χ3n) is 1.51. The minimum Gasteiger partial charge on any atom is -0.347 e. The first-order valence-electron chi connectivity index (χ1n) is 3.10. The third kappa shape index (κ3) is 1.29. The molecule has 1 aromatic carbocycles. The molecule has 1 heterocycles. The Balaban J connectivity index is 0.000000980. The number of hydrogen-bond acceptors (Lipinski definition) is 2. The molecule has 2 rings (SSSR count). The number of rotatable bonds is 0. The minimum atomic E-state index is -1.91. The van der Waals surface area contributed by atoms with Crippen LogP contribution in [0.25, 0.3) is 11.0 Å². The molecule has 0 unspecified atom stereocenters. The Labute approximate surface area is 86.7 Å². The predicted molar refractivity (Wildman–Crippen MR) is 32.7 cm³/mol. The van der Waals surface area contributed by atoms with Crippen LogP contribution in [0.15, 0.2) is 0 Å². The van der Waals surface area contributed by atoms with E-state index in [1.807, 2.05) is 0 Å². The van der Waals surface area contributed by atoms with E-state index in [9.17, 15) is 17.6 Å². The SMILES string of the molecule is Fc1c(F)c(F)c2[n-]nnc2c1F.[Li+]. The molecule has 0 atom stereocenters. The summed E-state index contributed by atoms with van der Waals surface area (Å²) in [6.07, 6.45) is 0. The molecule has 0 N–H and O–H groups in total. The largest absolute Gasteiger partial charge is 1.00 e. The molecule has 0 fully saturated rings. The van der Waals surface area contributed by atoms with Gasteiger partial charge in [-0.05, 0) is 0 Å². The number of fused-ring (bicyclic) bond motifs is 1. The van der Waals surface area contributed by atoms with E-state index in [0.717, 1.165) is 0 Å². The van der Waals surface area contributed by atoms with Crippen molar-refractivity contribution in [1.82, 2.24) is 15.4 Å². The van der Waals surface area contributed by atoms with Crippen LogP contribution in [0.4, 0.5) is 17.6 Å². The molecule has 3 nitrogen and oxygen atoms in total. The Morgan fingerprint density at radius 1 is 0.857 bits per heavy atom. The second-order valence-electron chi connectivity index (χ2n) is 2.24. The fourth-order valence-corrected chi connectivity index (χ4v) is 0.903. The van der Waals surface area contributed by atoms with Gasteiger partial charge in [0.15, 0.2) is 23.3 Å². The molecule has 0 saturated carbocycles. The van der Waals surface area contributed by atoms with Crippen LogP contribution in [0.3, 0.4) is 0 Å². The molecule has 8 heteroatoms. The van der Waals surface area contributed by atoms with Gasteiger partial charge in [0.2, 0.25) is 0 Å². The van der Waals surface area contributed by atoms with Crippen molar-refractivity contribution < 1.29 is 36.4 Å². The van der Waals surface area contributed by atoms with Gasteiger partial charge in [-0.2, -0.15) is 0 Å². The molecule has 0 aliphatic rings. The van der Waals surface area contributed by atoms with Crippen LogP contribution in [0, 0.1) is 23.3 Å². The Hall–Kier alpha value is -1.06. The molecule has 0 bridgehead atoms. The average Bonchev–Trinajstić information content (AvgIpc) is 2.59. The van der Waals surface area contributed by atoms with E-state index in [0.29, 0.717) is 0 Å². The monoisotopic (exact) mass is 197 g/mol. The summed E-state index contributed by atoms with van der Waals surface area (Å²) in [5.41, 5.74) is -1.42. The molecule has 0 aliphatic carbocycles. The topological polar surface area (TPSA) is 39.9 Å². The van der Waals surface area contributed by atoms with E-state index in [-0.39, 0.29) is 18.9 Å². The molecular formula is C6F4LiN3. The van der Waals surface area contributed by atoms with Crippen molar-refractivity contribution >= 4 is 11.0 Å². The second kappa shape index (κ2) is 3.59. The fourth-order valence-electron chi connectivity index (χ4n) is 0.903. The molecule has 68 valence electrons. The van der Waals surface area contributed by atoms with E-state index >= 15 is 0 Å². The first-order chi connectivity index (χ1) is 6.13. The molecule has 0 aliphatic heterocycles. The van der Waals surface area contributed by atoms with Crippen LogP contribution in [-0.4, -0.2) is 10.3 Å². The summed E-state index contributed by atoms with van der Waals surface area (Å²) in [4.78, 5) is 0. The maximum Gasteiger partial charge on any atom is 1.00 e. The van der Waals surface area contributed by atoms with Crippen LogP contribution in [0.2, 0.25) is 0 Å². The molecule has 0 radical (unpaired) electrons. The number of hydrogen-bond donors (Lipinski definition) is 0. The maximum absolute atomic E-state index is 12.7. The Morgan fingerprint density at radius 2 is 1.43 bits per heavy atom. The van der Waals surface area contributed by atoms with Gasteiger partial charge in [0.25, 0.3) is 0 Å². The van der Waals surface area contributed by atoms with Gasteiger partial charge in [-0.1, -0.05) is 0 Å².